The van der Waals surface area contributed by atoms with Crippen LogP contribution in [-0.4, -0.2) is 55.5 Å². The molecule has 2 heterocycles. The number of aromatic nitrogens is 1. The molecule has 8 heteroatoms. The van der Waals surface area contributed by atoms with Crippen LogP contribution in [0.1, 0.15) is 60.5 Å². The lowest BCUT2D eigenvalue weighted by Gasteiger charge is -2.31. The van der Waals surface area contributed by atoms with Gasteiger partial charge in [0.15, 0.2) is 0 Å². The van der Waals surface area contributed by atoms with E-state index in [1.807, 2.05) is 12.3 Å². The minimum Gasteiger partial charge on any atom is -0.366 e. The molecular formula is C27H36N4O3S. The molecule has 1 fully saturated rings. The van der Waals surface area contributed by atoms with Crippen LogP contribution in [0.5, 0.6) is 0 Å². The van der Waals surface area contributed by atoms with Crippen molar-refractivity contribution >= 4 is 26.8 Å². The van der Waals surface area contributed by atoms with Gasteiger partial charge in [0.1, 0.15) is 0 Å². The van der Waals surface area contributed by atoms with Crippen molar-refractivity contribution in [1.29, 1.82) is 0 Å². The van der Waals surface area contributed by atoms with Crippen LogP contribution in [0.2, 0.25) is 0 Å². The van der Waals surface area contributed by atoms with E-state index in [0.717, 1.165) is 66.4 Å². The van der Waals surface area contributed by atoms with Gasteiger partial charge in [-0.05, 0) is 86.0 Å². The molecule has 188 valence electrons. The molecule has 1 aliphatic rings. The van der Waals surface area contributed by atoms with Gasteiger partial charge < -0.3 is 16.0 Å². The van der Waals surface area contributed by atoms with Gasteiger partial charge in [0.05, 0.1) is 16.8 Å². The minimum absolute atomic E-state index is 0.129. The second kappa shape index (κ2) is 10.9. The summed E-state index contributed by atoms with van der Waals surface area (Å²) in [6.45, 7) is 6.82. The Labute approximate surface area is 208 Å². The number of benzene rings is 2. The first-order valence-electron chi connectivity index (χ1n) is 12.6. The highest BCUT2D eigenvalue weighted by molar-refractivity contribution is 7.89. The largest absolute Gasteiger partial charge is 0.366 e. The zero-order chi connectivity index (χ0) is 25.0. The molecule has 1 amide bonds. The fourth-order valence-corrected chi connectivity index (χ4v) is 6.15. The number of hydrogen-bond acceptors (Lipinski definition) is 4. The summed E-state index contributed by atoms with van der Waals surface area (Å²) in [7, 11) is -3.17. The lowest BCUT2D eigenvalue weighted by atomic mass is 9.88. The summed E-state index contributed by atoms with van der Waals surface area (Å²) >= 11 is 0. The zero-order valence-corrected chi connectivity index (χ0v) is 21.5. The normalized spacial score (nSPS) is 15.6. The van der Waals surface area contributed by atoms with Crippen molar-refractivity contribution in [2.45, 2.75) is 45.4 Å². The van der Waals surface area contributed by atoms with Crippen molar-refractivity contribution in [2.75, 3.05) is 31.9 Å². The summed E-state index contributed by atoms with van der Waals surface area (Å²) in [5, 5.41) is 4.43. The van der Waals surface area contributed by atoms with Gasteiger partial charge in [0.2, 0.25) is 10.0 Å². The minimum atomic E-state index is -3.17. The average molecular weight is 497 g/mol. The number of aromatic amines is 1. The molecule has 1 aliphatic heterocycles. The van der Waals surface area contributed by atoms with Gasteiger partial charge in [-0.15, -0.1) is 0 Å². The van der Waals surface area contributed by atoms with Gasteiger partial charge in [-0.25, -0.2) is 12.7 Å². The van der Waals surface area contributed by atoms with Gasteiger partial charge in [0.25, 0.3) is 5.91 Å². The van der Waals surface area contributed by atoms with Crippen LogP contribution in [0.4, 0.5) is 0 Å². The van der Waals surface area contributed by atoms with Crippen LogP contribution in [0, 0.1) is 0 Å². The molecule has 1 saturated heterocycles. The Kier molecular flexibility index (Phi) is 7.94. The van der Waals surface area contributed by atoms with E-state index in [-0.39, 0.29) is 11.7 Å². The molecule has 0 spiro atoms. The quantitative estimate of drug-likeness (QED) is 0.369. The third kappa shape index (κ3) is 5.60. The van der Waals surface area contributed by atoms with E-state index in [0.29, 0.717) is 18.7 Å². The molecule has 7 nitrogen and oxygen atoms in total. The first-order valence-corrected chi connectivity index (χ1v) is 14.2. The number of fused-ring (bicyclic) bond motifs is 1. The lowest BCUT2D eigenvalue weighted by Crippen LogP contribution is -2.38. The molecule has 35 heavy (non-hydrogen) atoms. The molecule has 4 N–H and O–H groups in total. The Morgan fingerprint density at radius 2 is 1.89 bits per heavy atom. The molecule has 0 aliphatic carbocycles. The Hall–Kier alpha value is -2.68. The van der Waals surface area contributed by atoms with Crippen molar-refractivity contribution < 1.29 is 13.2 Å². The molecule has 0 bridgehead atoms. The SMILES string of the molecule is CCCNCCc1cccc(-c2cc(C(N)=O)c3[nH]cc(C4CCN(S(=O)(=O)CC)CC4)c3c2)c1. The standard InChI is InChI=1S/C27H36N4O3S/c1-3-11-29-12-8-19-6-5-7-21(15-19)22-16-23-25(18-30-26(23)24(17-22)27(28)32)20-9-13-31(14-10-20)35(33,34)4-2/h5-7,15-18,20,29-30H,3-4,8-14H2,1-2H3,(H2,28,32). The lowest BCUT2D eigenvalue weighted by molar-refractivity contribution is 0.100. The van der Waals surface area contributed by atoms with E-state index in [4.69, 9.17) is 5.73 Å². The molecule has 3 aromatic rings. The number of primary amides is 1. The predicted molar refractivity (Wildman–Crippen MR) is 142 cm³/mol. The van der Waals surface area contributed by atoms with E-state index >= 15 is 0 Å². The maximum absolute atomic E-state index is 12.4. The average Bonchev–Trinajstić information content (AvgIpc) is 3.30. The monoisotopic (exact) mass is 496 g/mol. The predicted octanol–water partition coefficient (Wildman–Crippen LogP) is 4.01. The van der Waals surface area contributed by atoms with Gasteiger partial charge >= 0.3 is 0 Å². The number of H-pyrrole nitrogens is 1. The van der Waals surface area contributed by atoms with Crippen LogP contribution in [0.3, 0.4) is 0 Å². The van der Waals surface area contributed by atoms with Crippen molar-refractivity contribution in [2.24, 2.45) is 5.73 Å². The van der Waals surface area contributed by atoms with Crippen molar-refractivity contribution in [1.82, 2.24) is 14.6 Å². The van der Waals surface area contributed by atoms with Gasteiger partial charge in [-0.3, -0.25) is 4.79 Å². The maximum atomic E-state index is 12.4. The Morgan fingerprint density at radius 1 is 1.11 bits per heavy atom. The molecule has 1 aromatic heterocycles. The fourth-order valence-electron chi connectivity index (χ4n) is 5.02. The van der Waals surface area contributed by atoms with E-state index in [9.17, 15) is 13.2 Å². The number of nitrogens with one attached hydrogen (secondary N) is 2. The number of piperidine rings is 1. The second-order valence-electron chi connectivity index (χ2n) is 9.33. The number of hydrogen-bond donors (Lipinski definition) is 3. The first-order chi connectivity index (χ1) is 16.8. The van der Waals surface area contributed by atoms with E-state index in [1.54, 1.807) is 11.2 Å². The summed E-state index contributed by atoms with van der Waals surface area (Å²) < 4.78 is 26.1. The zero-order valence-electron chi connectivity index (χ0n) is 20.6. The van der Waals surface area contributed by atoms with Gasteiger partial charge in [0, 0.05) is 24.7 Å². The molecule has 0 unspecified atom stereocenters. The Balaban J connectivity index is 1.65. The van der Waals surface area contributed by atoms with Crippen LogP contribution in [-0.2, 0) is 16.4 Å². The molecule has 2 aromatic carbocycles. The van der Waals surface area contributed by atoms with Gasteiger partial charge in [-0.1, -0.05) is 31.2 Å². The van der Waals surface area contributed by atoms with Crippen LogP contribution >= 0.6 is 0 Å². The van der Waals surface area contributed by atoms with E-state index < -0.39 is 15.9 Å². The molecule has 0 radical (unpaired) electrons. The summed E-state index contributed by atoms with van der Waals surface area (Å²) in [6, 6.07) is 12.4. The fraction of sp³-hybridized carbons (Fsp3) is 0.444. The number of amides is 1. The molecule has 0 saturated carbocycles. The van der Waals surface area contributed by atoms with Crippen molar-refractivity contribution in [3.05, 3.63) is 59.3 Å². The highest BCUT2D eigenvalue weighted by atomic mass is 32.2. The van der Waals surface area contributed by atoms with Gasteiger partial charge in [-0.2, -0.15) is 0 Å². The molecule has 4 rings (SSSR count). The number of carbonyl (C=O) groups is 1. The second-order valence-corrected chi connectivity index (χ2v) is 11.6. The number of sulfonamides is 1. The summed E-state index contributed by atoms with van der Waals surface area (Å²) in [5.41, 5.74) is 11.4. The van der Waals surface area contributed by atoms with Crippen molar-refractivity contribution in [3.8, 4) is 11.1 Å². The van der Waals surface area contributed by atoms with Crippen LogP contribution < -0.4 is 11.1 Å². The third-order valence-corrected chi connectivity index (χ3v) is 8.90. The van der Waals surface area contributed by atoms with E-state index in [2.05, 4.69) is 47.6 Å². The van der Waals surface area contributed by atoms with Crippen LogP contribution in [0.15, 0.2) is 42.6 Å². The molecule has 0 atom stereocenters. The summed E-state index contributed by atoms with van der Waals surface area (Å²) in [5.74, 6) is -0.114. The third-order valence-electron chi connectivity index (χ3n) is 7.02. The Bertz CT molecular complexity index is 1290. The Morgan fingerprint density at radius 3 is 2.57 bits per heavy atom. The van der Waals surface area contributed by atoms with E-state index in [1.165, 1.54) is 5.56 Å². The number of nitrogens with zero attached hydrogens (tertiary/aromatic N) is 1. The molecular weight excluding hydrogens is 460 g/mol. The highest BCUT2D eigenvalue weighted by Gasteiger charge is 2.29. The topological polar surface area (TPSA) is 108 Å². The maximum Gasteiger partial charge on any atom is 0.250 e. The summed E-state index contributed by atoms with van der Waals surface area (Å²) in [4.78, 5) is 15.6. The van der Waals surface area contributed by atoms with Crippen molar-refractivity contribution in [3.63, 3.8) is 0 Å². The highest BCUT2D eigenvalue weighted by Crippen LogP contribution is 2.37. The number of rotatable bonds is 10. The number of nitrogens with two attached hydrogens (primary N) is 1. The smallest absolute Gasteiger partial charge is 0.250 e. The first kappa shape index (κ1) is 25.4. The number of carbonyl (C=O) groups excluding carboxylic acids is 1. The van der Waals surface area contributed by atoms with Crippen LogP contribution in [0.25, 0.3) is 22.0 Å². The summed E-state index contributed by atoms with van der Waals surface area (Å²) in [6.07, 6.45) is 5.52.